The molecule has 0 aliphatic carbocycles. The molecule has 7 fully saturated rings. The van der Waals surface area contributed by atoms with E-state index in [4.69, 9.17) is 61.6 Å². The van der Waals surface area contributed by atoms with Crippen LogP contribution in [0.2, 0.25) is 0 Å². The summed E-state index contributed by atoms with van der Waals surface area (Å²) in [6, 6.07) is -6.52. The molecule has 0 saturated carbocycles. The van der Waals surface area contributed by atoms with Crippen molar-refractivity contribution in [1.29, 1.82) is 0 Å². The molecule has 0 aromatic heterocycles. The predicted octanol–water partition coefficient (Wildman–Crippen LogP) is -15.4. The highest BCUT2D eigenvalue weighted by molar-refractivity contribution is 5.77. The second-order valence-electron chi connectivity index (χ2n) is 24.2. The number of aliphatic hydroxyl groups excluding tert-OH is 19. The van der Waals surface area contributed by atoms with Gasteiger partial charge in [0.25, 0.3) is 5.79 Å². The predicted molar refractivity (Wildman–Crippen MR) is 299 cm³/mol. The first-order valence-electron chi connectivity index (χ1n) is 30.6. The summed E-state index contributed by atoms with van der Waals surface area (Å²) in [6.45, 7) is -1.95. The first kappa shape index (κ1) is 79.4. The van der Waals surface area contributed by atoms with Crippen LogP contribution < -0.4 is 21.3 Å². The number of nitrogens with one attached hydrogen (secondary N) is 4. The highest BCUT2D eigenvalue weighted by atomic mass is 16.8. The Morgan fingerprint density at radius 1 is 0.417 bits per heavy atom. The Balaban J connectivity index is 1.13. The molecule has 7 rings (SSSR count). The van der Waals surface area contributed by atoms with Gasteiger partial charge in [-0.25, -0.2) is 4.79 Å². The minimum Gasteiger partial charge on any atom is -0.477 e. The summed E-state index contributed by atoms with van der Waals surface area (Å²) < 4.78 is 76.3. The molecule has 0 bridgehead atoms. The van der Waals surface area contributed by atoms with Crippen molar-refractivity contribution in [1.82, 2.24) is 21.3 Å². The second kappa shape index (κ2) is 34.2. The molecule has 24 N–H and O–H groups in total. The third-order valence-electron chi connectivity index (χ3n) is 17.4. The lowest BCUT2D eigenvalue weighted by molar-refractivity contribution is -0.398. The molecule has 4 amide bonds. The number of rotatable bonds is 26. The van der Waals surface area contributed by atoms with E-state index in [1.54, 1.807) is 0 Å². The van der Waals surface area contributed by atoms with Crippen molar-refractivity contribution in [3.63, 3.8) is 0 Å². The lowest BCUT2D eigenvalue weighted by atomic mass is 9.88. The Bertz CT molecular complexity index is 2540. The summed E-state index contributed by atoms with van der Waals surface area (Å²) in [5, 5.41) is 230. The van der Waals surface area contributed by atoms with Gasteiger partial charge in [-0.05, 0) is 6.92 Å². The lowest BCUT2D eigenvalue weighted by Crippen LogP contribution is -2.71. The highest BCUT2D eigenvalue weighted by Gasteiger charge is 2.62. The smallest absolute Gasteiger partial charge is 0.364 e. The summed E-state index contributed by atoms with van der Waals surface area (Å²) in [5.41, 5.74) is 0. The first-order valence-corrected chi connectivity index (χ1v) is 30.6. The van der Waals surface area contributed by atoms with Gasteiger partial charge in [-0.15, -0.1) is 0 Å². The van der Waals surface area contributed by atoms with E-state index in [9.17, 15) is 126 Å². The average Bonchev–Trinajstić information content (AvgIpc) is 0.765. The molecule has 7 aliphatic rings. The molecule has 0 spiro atoms. The Kier molecular flexibility index (Phi) is 28.2. The number of carboxylic acids is 1. The number of aliphatic carboxylic acids is 1. The maximum atomic E-state index is 13.1. The number of carbonyl (C=O) groups excluding carboxylic acids is 4. The van der Waals surface area contributed by atoms with Crippen LogP contribution in [0, 0.1) is 0 Å². The number of carbonyl (C=O) groups is 5. The lowest BCUT2D eigenvalue weighted by Gasteiger charge is -2.51. The van der Waals surface area contributed by atoms with Crippen LogP contribution in [0.15, 0.2) is 0 Å². The topological polar surface area (TPSA) is 658 Å². The summed E-state index contributed by atoms with van der Waals surface area (Å²) in [7, 11) is 0. The standard InChI is InChI=1S/C54H90N4O38/c1-14-27(55-15(2)66)35(76)41(24(11-63)84-14)90-48-29(57-17(4)68)36(77)42(25(12-64)88-48)91-50-39(80)45(33(74)22(9-61)85-50)93-52-47(38(79)32(73)21(8-60)87-52)94-49-30(58-18(5)69)37(78)43(26(13-65)89-49)92-51-40(81)46(34(75)23(10-62)86-51)96-54(53(82)83)6-19(70)28(56-16(3)67)44(95-54)31(72)20(71)7-59/h14,19-52,59-65,70-81H,6-13H2,1-5H3,(H,55,66)(H,56,67)(H,57,68)(H,58,69)(H,82,83)/t14-,19+,20+,21+,22?,23?,24?,25?,26?,27?,28+,29?,30-,31+,32+,33+,34-,35+,36+,37?,38?,39+,40-,41+,42+,43+,44?,45?,46?,47?,48-,49-,50-,51-,52+,54-/m0/s1. The van der Waals surface area contributed by atoms with E-state index >= 15 is 0 Å². The number of carboxylic acid groups (broad SMARTS) is 1. The van der Waals surface area contributed by atoms with Crippen LogP contribution in [0.4, 0.5) is 0 Å². The van der Waals surface area contributed by atoms with Gasteiger partial charge < -0.3 is 185 Å². The zero-order chi connectivity index (χ0) is 71.3. The Labute approximate surface area is 544 Å². The van der Waals surface area contributed by atoms with Crippen molar-refractivity contribution in [2.75, 3.05) is 46.2 Å². The fourth-order valence-electron chi connectivity index (χ4n) is 12.6. The van der Waals surface area contributed by atoms with Gasteiger partial charge in [-0.3, -0.25) is 19.2 Å². The molecule has 7 saturated heterocycles. The molecular formula is C54H90N4O38. The number of hydrogen-bond donors (Lipinski definition) is 24. The van der Waals surface area contributed by atoms with Gasteiger partial charge in [0.2, 0.25) is 23.6 Å². The molecule has 42 heteroatoms. The molecule has 42 nitrogen and oxygen atoms in total. The first-order chi connectivity index (χ1) is 45.2. The largest absolute Gasteiger partial charge is 0.477 e. The second-order valence-corrected chi connectivity index (χ2v) is 24.2. The molecule has 7 aliphatic heterocycles. The van der Waals surface area contributed by atoms with Gasteiger partial charge in [-0.1, -0.05) is 0 Å². The summed E-state index contributed by atoms with van der Waals surface area (Å²) in [6.07, 6.45) is -63.6. The van der Waals surface area contributed by atoms with Gasteiger partial charge in [0, 0.05) is 34.1 Å². The number of hydrogen-bond acceptors (Lipinski definition) is 37. The summed E-state index contributed by atoms with van der Waals surface area (Å²) in [4.78, 5) is 62.9. The molecular weight excluding hydrogens is 1310 g/mol. The van der Waals surface area contributed by atoms with E-state index in [1.807, 2.05) is 0 Å². The SMILES string of the molecule is CC(=O)NC1[C@H](O[C@@H]2C(CO)O[C@@H](C)C(NC(C)=O)[C@H]2O)OC(CO)[C@@H](O[C@@H]2OC(CO)[C@@H](O)C(O[C@H]3O[C@H](CO)[C@@H](O)C(O)C3O[C@@H]3OC(CO)[C@@H](O[C@@H]4OC(CO)[C@H](O)C(O[C@]5(C(=O)O)C[C@@H](O)[C@@H](NC(C)=O)C([C@H](O)[C@H](O)CO)O5)[C@@H]4O)C(O)[C@@H]3NC(C)=O)[C@H]2O)[C@@H]1O. The molecule has 7 heterocycles. The Hall–Kier alpha value is -3.93. The average molecular weight is 1400 g/mol. The van der Waals surface area contributed by atoms with Crippen molar-refractivity contribution in [3.05, 3.63) is 0 Å². The molecule has 554 valence electrons. The van der Waals surface area contributed by atoms with Crippen LogP contribution in [0.1, 0.15) is 41.0 Å². The quantitative estimate of drug-likeness (QED) is 0.0382. The number of aliphatic hydroxyl groups is 19. The fraction of sp³-hybridized carbons (Fsp3) is 0.907. The fourth-order valence-corrected chi connectivity index (χ4v) is 12.6. The van der Waals surface area contributed by atoms with Gasteiger partial charge in [0.15, 0.2) is 31.5 Å². The molecule has 96 heavy (non-hydrogen) atoms. The van der Waals surface area contributed by atoms with E-state index in [-0.39, 0.29) is 0 Å². The van der Waals surface area contributed by atoms with E-state index < -0.39 is 302 Å². The zero-order valence-electron chi connectivity index (χ0n) is 52.2. The third-order valence-corrected chi connectivity index (χ3v) is 17.4. The molecule has 0 radical (unpaired) electrons. The van der Waals surface area contributed by atoms with E-state index in [2.05, 4.69) is 21.3 Å². The zero-order valence-corrected chi connectivity index (χ0v) is 52.2. The van der Waals surface area contributed by atoms with Crippen molar-refractivity contribution < 1.29 is 188 Å². The number of amides is 4. The van der Waals surface area contributed by atoms with Gasteiger partial charge >= 0.3 is 5.97 Å². The van der Waals surface area contributed by atoms with Crippen molar-refractivity contribution in [2.24, 2.45) is 0 Å². The van der Waals surface area contributed by atoms with Gasteiger partial charge in [0.05, 0.1) is 70.5 Å². The maximum Gasteiger partial charge on any atom is 0.364 e. The van der Waals surface area contributed by atoms with Crippen LogP contribution >= 0.6 is 0 Å². The van der Waals surface area contributed by atoms with Gasteiger partial charge in [0.1, 0.15) is 159 Å². The Morgan fingerprint density at radius 2 is 0.771 bits per heavy atom. The van der Waals surface area contributed by atoms with Crippen LogP contribution in [0.3, 0.4) is 0 Å². The molecule has 0 aromatic rings. The van der Waals surface area contributed by atoms with E-state index in [1.165, 1.54) is 6.92 Å². The number of ether oxygens (including phenoxy) is 13. The van der Waals surface area contributed by atoms with Crippen LogP contribution in [0.5, 0.6) is 0 Å². The van der Waals surface area contributed by atoms with Crippen molar-refractivity contribution >= 4 is 29.6 Å². The highest BCUT2D eigenvalue weighted by Crippen LogP contribution is 2.41. The van der Waals surface area contributed by atoms with Crippen molar-refractivity contribution in [2.45, 2.75) is 261 Å². The summed E-state index contributed by atoms with van der Waals surface area (Å²) in [5.74, 6) is -8.56. The molecule has 36 atom stereocenters. The summed E-state index contributed by atoms with van der Waals surface area (Å²) >= 11 is 0. The van der Waals surface area contributed by atoms with Crippen LogP contribution in [0.25, 0.3) is 0 Å². The molecule has 0 aromatic carbocycles. The monoisotopic (exact) mass is 1400 g/mol. The van der Waals surface area contributed by atoms with E-state index in [0.29, 0.717) is 0 Å². The third kappa shape index (κ3) is 17.3. The van der Waals surface area contributed by atoms with E-state index in [0.717, 1.165) is 27.7 Å². The minimum absolute atomic E-state index is 0.578. The maximum absolute atomic E-state index is 13.1. The van der Waals surface area contributed by atoms with Crippen LogP contribution in [-0.4, -0.2) is 398 Å². The van der Waals surface area contributed by atoms with Gasteiger partial charge in [-0.2, -0.15) is 0 Å². The Morgan fingerprint density at radius 3 is 1.21 bits per heavy atom. The minimum atomic E-state index is -3.24. The van der Waals surface area contributed by atoms with Crippen LogP contribution in [-0.2, 0) is 85.6 Å². The molecule has 13 unspecified atom stereocenters. The van der Waals surface area contributed by atoms with Crippen molar-refractivity contribution in [3.8, 4) is 0 Å². The normalized spacial score (nSPS) is 46.0.